The lowest BCUT2D eigenvalue weighted by Gasteiger charge is -2.11. The molecule has 21 heavy (non-hydrogen) atoms. The average molecular weight is 285 g/mol. The molecule has 0 aromatic heterocycles. The summed E-state index contributed by atoms with van der Waals surface area (Å²) in [5.41, 5.74) is 2.41. The first kappa shape index (κ1) is 14.9. The first-order valence-corrected chi connectivity index (χ1v) is 6.83. The largest absolute Gasteiger partial charge is 0.493 e. The molecule has 2 rings (SSSR count). The van der Waals surface area contributed by atoms with Gasteiger partial charge in [-0.1, -0.05) is 17.7 Å². The Hall–Kier alpha value is -2.49. The molecule has 2 aromatic carbocycles. The van der Waals surface area contributed by atoms with Crippen molar-refractivity contribution in [2.75, 3.05) is 19.0 Å². The van der Waals surface area contributed by atoms with Crippen LogP contribution < -0.4 is 14.8 Å². The zero-order chi connectivity index (χ0) is 15.2. The molecule has 0 bridgehead atoms. The number of methoxy groups -OCH3 is 1. The minimum absolute atomic E-state index is 0.152. The predicted molar refractivity (Wildman–Crippen MR) is 83.3 cm³/mol. The molecular formula is C17H19NO3. The van der Waals surface area contributed by atoms with Gasteiger partial charge in [-0.15, -0.1) is 0 Å². The second-order valence-electron chi connectivity index (χ2n) is 4.62. The van der Waals surface area contributed by atoms with Gasteiger partial charge in [0.05, 0.1) is 13.7 Å². The molecule has 0 saturated carbocycles. The Morgan fingerprint density at radius 1 is 1.10 bits per heavy atom. The van der Waals surface area contributed by atoms with E-state index in [9.17, 15) is 4.79 Å². The van der Waals surface area contributed by atoms with E-state index in [2.05, 4.69) is 5.32 Å². The normalized spacial score (nSPS) is 10.0. The number of carbonyl (C=O) groups excluding carboxylic acids is 1. The van der Waals surface area contributed by atoms with E-state index >= 15 is 0 Å². The molecule has 1 amide bonds. The number of hydrogen-bond donors (Lipinski definition) is 1. The smallest absolute Gasteiger partial charge is 0.255 e. The molecule has 0 unspecified atom stereocenters. The number of ether oxygens (including phenoxy) is 2. The van der Waals surface area contributed by atoms with Gasteiger partial charge in [-0.25, -0.2) is 0 Å². The minimum Gasteiger partial charge on any atom is -0.493 e. The summed E-state index contributed by atoms with van der Waals surface area (Å²) in [6.45, 7) is 4.46. The molecule has 110 valence electrons. The van der Waals surface area contributed by atoms with Gasteiger partial charge in [0.2, 0.25) is 0 Å². The summed E-state index contributed by atoms with van der Waals surface area (Å²) in [5.74, 6) is 1.10. The van der Waals surface area contributed by atoms with E-state index in [1.165, 1.54) is 0 Å². The van der Waals surface area contributed by atoms with Crippen LogP contribution >= 0.6 is 0 Å². The van der Waals surface area contributed by atoms with Gasteiger partial charge >= 0.3 is 0 Å². The molecule has 2 aromatic rings. The summed E-state index contributed by atoms with van der Waals surface area (Å²) in [4.78, 5) is 12.2. The van der Waals surface area contributed by atoms with Crippen LogP contribution in [0.2, 0.25) is 0 Å². The number of nitrogens with one attached hydrogen (secondary N) is 1. The molecular weight excluding hydrogens is 266 g/mol. The Labute approximate surface area is 124 Å². The van der Waals surface area contributed by atoms with Crippen molar-refractivity contribution in [1.82, 2.24) is 0 Å². The number of rotatable bonds is 5. The summed E-state index contributed by atoms with van der Waals surface area (Å²) in [5, 5.41) is 2.85. The van der Waals surface area contributed by atoms with Crippen molar-refractivity contribution < 1.29 is 14.3 Å². The Kier molecular flexibility index (Phi) is 4.82. The number of anilines is 1. The van der Waals surface area contributed by atoms with Crippen LogP contribution in [0.15, 0.2) is 42.5 Å². The molecule has 0 saturated heterocycles. The van der Waals surface area contributed by atoms with Crippen LogP contribution in [0.4, 0.5) is 5.69 Å². The van der Waals surface area contributed by atoms with Gasteiger partial charge in [-0.05, 0) is 38.1 Å². The summed E-state index contributed by atoms with van der Waals surface area (Å²) in [6.07, 6.45) is 0. The van der Waals surface area contributed by atoms with Crippen molar-refractivity contribution in [3.05, 3.63) is 53.6 Å². The lowest BCUT2D eigenvalue weighted by atomic mass is 10.1. The van der Waals surface area contributed by atoms with E-state index < -0.39 is 0 Å². The van der Waals surface area contributed by atoms with Gasteiger partial charge < -0.3 is 14.8 Å². The Bertz CT molecular complexity index is 620. The first-order chi connectivity index (χ1) is 10.1. The summed E-state index contributed by atoms with van der Waals surface area (Å²) >= 11 is 0. The van der Waals surface area contributed by atoms with Crippen LogP contribution in [0, 0.1) is 6.92 Å². The number of hydrogen-bond acceptors (Lipinski definition) is 3. The molecule has 0 radical (unpaired) electrons. The molecule has 4 heteroatoms. The fourth-order valence-corrected chi connectivity index (χ4v) is 1.93. The lowest BCUT2D eigenvalue weighted by molar-refractivity contribution is 0.102. The summed E-state index contributed by atoms with van der Waals surface area (Å²) in [7, 11) is 1.57. The van der Waals surface area contributed by atoms with E-state index in [0.29, 0.717) is 29.4 Å². The van der Waals surface area contributed by atoms with Crippen molar-refractivity contribution in [3.63, 3.8) is 0 Å². The van der Waals surface area contributed by atoms with E-state index in [0.717, 1.165) is 5.56 Å². The molecule has 0 aliphatic rings. The van der Waals surface area contributed by atoms with E-state index in [1.807, 2.05) is 26.0 Å². The van der Waals surface area contributed by atoms with Gasteiger partial charge in [-0.3, -0.25) is 4.79 Å². The van der Waals surface area contributed by atoms with Gasteiger partial charge in [0.1, 0.15) is 0 Å². The van der Waals surface area contributed by atoms with Gasteiger partial charge in [0.25, 0.3) is 5.91 Å². The predicted octanol–water partition coefficient (Wildman–Crippen LogP) is 3.65. The molecule has 0 fully saturated rings. The minimum atomic E-state index is -0.152. The quantitative estimate of drug-likeness (QED) is 0.912. The average Bonchev–Trinajstić information content (AvgIpc) is 2.49. The third kappa shape index (κ3) is 3.75. The zero-order valence-corrected chi connectivity index (χ0v) is 12.5. The fraction of sp³-hybridized carbons (Fsp3) is 0.235. The van der Waals surface area contributed by atoms with Crippen LogP contribution in [0.5, 0.6) is 11.5 Å². The third-order valence-corrected chi connectivity index (χ3v) is 3.04. The Morgan fingerprint density at radius 2 is 1.81 bits per heavy atom. The molecule has 1 N–H and O–H groups in total. The summed E-state index contributed by atoms with van der Waals surface area (Å²) in [6, 6.07) is 12.7. The first-order valence-electron chi connectivity index (χ1n) is 6.83. The van der Waals surface area contributed by atoms with Crippen molar-refractivity contribution in [2.45, 2.75) is 13.8 Å². The topological polar surface area (TPSA) is 47.6 Å². The highest BCUT2D eigenvalue weighted by Crippen LogP contribution is 2.30. The van der Waals surface area contributed by atoms with Crippen LogP contribution in [-0.4, -0.2) is 19.6 Å². The molecule has 0 aliphatic heterocycles. The van der Waals surface area contributed by atoms with Gasteiger partial charge in [0, 0.05) is 17.3 Å². The van der Waals surface area contributed by atoms with E-state index in [4.69, 9.17) is 9.47 Å². The molecule has 4 nitrogen and oxygen atoms in total. The lowest BCUT2D eigenvalue weighted by Crippen LogP contribution is -2.11. The van der Waals surface area contributed by atoms with Crippen molar-refractivity contribution in [1.29, 1.82) is 0 Å². The van der Waals surface area contributed by atoms with E-state index in [1.54, 1.807) is 37.4 Å². The fourth-order valence-electron chi connectivity index (χ4n) is 1.93. The standard InChI is InChI=1S/C17H19NO3/c1-4-21-15-10-9-14(11-16(15)20-3)18-17(19)13-7-5-12(2)6-8-13/h5-11H,4H2,1-3H3,(H,18,19). The van der Waals surface area contributed by atoms with Crippen LogP contribution in [0.25, 0.3) is 0 Å². The van der Waals surface area contributed by atoms with Crippen molar-refractivity contribution >= 4 is 11.6 Å². The SMILES string of the molecule is CCOc1ccc(NC(=O)c2ccc(C)cc2)cc1OC. The maximum Gasteiger partial charge on any atom is 0.255 e. The highest BCUT2D eigenvalue weighted by molar-refractivity contribution is 6.04. The number of benzene rings is 2. The molecule has 0 spiro atoms. The van der Waals surface area contributed by atoms with E-state index in [-0.39, 0.29) is 5.91 Å². The van der Waals surface area contributed by atoms with Crippen LogP contribution in [0.3, 0.4) is 0 Å². The van der Waals surface area contributed by atoms with Gasteiger partial charge in [0.15, 0.2) is 11.5 Å². The number of carbonyl (C=O) groups is 1. The number of aryl methyl sites for hydroxylation is 1. The van der Waals surface area contributed by atoms with Crippen LogP contribution in [-0.2, 0) is 0 Å². The molecule has 0 atom stereocenters. The highest BCUT2D eigenvalue weighted by atomic mass is 16.5. The Balaban J connectivity index is 2.15. The second kappa shape index (κ2) is 6.79. The van der Waals surface area contributed by atoms with Crippen molar-refractivity contribution in [3.8, 4) is 11.5 Å². The molecule has 0 heterocycles. The molecule has 0 aliphatic carbocycles. The number of amides is 1. The monoisotopic (exact) mass is 285 g/mol. The van der Waals surface area contributed by atoms with Gasteiger partial charge in [-0.2, -0.15) is 0 Å². The third-order valence-electron chi connectivity index (χ3n) is 3.04. The maximum atomic E-state index is 12.2. The highest BCUT2D eigenvalue weighted by Gasteiger charge is 2.09. The Morgan fingerprint density at radius 3 is 2.43 bits per heavy atom. The summed E-state index contributed by atoms with van der Waals surface area (Å²) < 4.78 is 10.7. The second-order valence-corrected chi connectivity index (χ2v) is 4.62. The van der Waals surface area contributed by atoms with Crippen LogP contribution in [0.1, 0.15) is 22.8 Å². The maximum absolute atomic E-state index is 12.2. The van der Waals surface area contributed by atoms with Crippen molar-refractivity contribution in [2.24, 2.45) is 0 Å². The zero-order valence-electron chi connectivity index (χ0n) is 12.5.